The third-order valence-corrected chi connectivity index (χ3v) is 5.77. The molecule has 2 aliphatic rings. The molecule has 3 rings (SSSR count). The standard InChI is InChI=1S/C23H34N2O5/c1-22(2,3)25(21(26)27)13-8-14-29-20-15-17(9-10-19(20)28-4)18-16-23(30-24-18)11-6-5-7-12-23/h9-10,15-16,24H,5-8,11-14H2,1-4H3,(H,26,27). The Hall–Kier alpha value is -2.41. The average molecular weight is 419 g/mol. The molecule has 7 nitrogen and oxygen atoms in total. The van der Waals surface area contributed by atoms with Gasteiger partial charge in [0.05, 0.1) is 19.4 Å². The number of carbonyl (C=O) groups is 1. The van der Waals surface area contributed by atoms with Gasteiger partial charge in [0.1, 0.15) is 5.60 Å². The second kappa shape index (κ2) is 9.16. The van der Waals surface area contributed by atoms with Gasteiger partial charge in [-0.25, -0.2) is 4.79 Å². The maximum Gasteiger partial charge on any atom is 0.407 e. The van der Waals surface area contributed by atoms with Gasteiger partial charge in [0.2, 0.25) is 0 Å². The third kappa shape index (κ3) is 5.19. The maximum atomic E-state index is 11.5. The fraction of sp³-hybridized carbons (Fsp3) is 0.609. The molecule has 1 aliphatic carbocycles. The molecule has 1 spiro atoms. The van der Waals surface area contributed by atoms with Crippen molar-refractivity contribution in [1.82, 2.24) is 10.4 Å². The van der Waals surface area contributed by atoms with E-state index in [0.717, 1.165) is 24.1 Å². The zero-order chi connectivity index (χ0) is 21.8. The molecule has 1 aromatic carbocycles. The van der Waals surface area contributed by atoms with Crippen LogP contribution >= 0.6 is 0 Å². The lowest BCUT2D eigenvalue weighted by molar-refractivity contribution is -0.0557. The predicted molar refractivity (Wildman–Crippen MR) is 116 cm³/mol. The van der Waals surface area contributed by atoms with Gasteiger partial charge in [-0.1, -0.05) is 19.3 Å². The van der Waals surface area contributed by atoms with Crippen LogP contribution in [0.25, 0.3) is 5.70 Å². The van der Waals surface area contributed by atoms with Gasteiger partial charge < -0.3 is 19.5 Å². The predicted octanol–water partition coefficient (Wildman–Crippen LogP) is 4.82. The maximum absolute atomic E-state index is 11.5. The molecule has 0 bridgehead atoms. The fourth-order valence-corrected chi connectivity index (χ4v) is 4.10. The Balaban J connectivity index is 1.65. The highest BCUT2D eigenvalue weighted by Gasteiger charge is 2.36. The van der Waals surface area contributed by atoms with Crippen LogP contribution in [0.5, 0.6) is 11.5 Å². The molecule has 1 saturated carbocycles. The Labute approximate surface area is 178 Å². The normalized spacial score (nSPS) is 17.9. The minimum atomic E-state index is -0.919. The Morgan fingerprint density at radius 3 is 2.60 bits per heavy atom. The van der Waals surface area contributed by atoms with E-state index in [1.807, 2.05) is 39.0 Å². The quantitative estimate of drug-likeness (QED) is 0.618. The van der Waals surface area contributed by atoms with Crippen molar-refractivity contribution in [3.63, 3.8) is 0 Å². The molecular formula is C23H34N2O5. The van der Waals surface area contributed by atoms with Gasteiger partial charge in [-0.3, -0.25) is 10.3 Å². The molecule has 0 atom stereocenters. The van der Waals surface area contributed by atoms with Crippen molar-refractivity contribution < 1.29 is 24.2 Å². The summed E-state index contributed by atoms with van der Waals surface area (Å²) < 4.78 is 11.4. The number of carboxylic acid groups (broad SMARTS) is 1. The first-order chi connectivity index (χ1) is 14.2. The van der Waals surface area contributed by atoms with Crippen molar-refractivity contribution in [2.75, 3.05) is 20.3 Å². The summed E-state index contributed by atoms with van der Waals surface area (Å²) in [5.74, 6) is 1.29. The van der Waals surface area contributed by atoms with Crippen molar-refractivity contribution in [3.05, 3.63) is 29.8 Å². The number of rotatable bonds is 7. The van der Waals surface area contributed by atoms with E-state index in [2.05, 4.69) is 11.6 Å². The van der Waals surface area contributed by atoms with E-state index in [1.54, 1.807) is 7.11 Å². The van der Waals surface area contributed by atoms with Crippen LogP contribution in [0.15, 0.2) is 24.3 Å². The minimum absolute atomic E-state index is 0.193. The number of nitrogens with zero attached hydrogens (tertiary/aromatic N) is 1. The molecule has 0 saturated heterocycles. The first-order valence-corrected chi connectivity index (χ1v) is 10.7. The van der Waals surface area contributed by atoms with Gasteiger partial charge in [0, 0.05) is 17.6 Å². The minimum Gasteiger partial charge on any atom is -0.493 e. The molecule has 1 amide bonds. The number of hydrogen-bond donors (Lipinski definition) is 2. The number of benzene rings is 1. The molecule has 30 heavy (non-hydrogen) atoms. The second-order valence-corrected chi connectivity index (χ2v) is 9.06. The summed E-state index contributed by atoms with van der Waals surface area (Å²) in [4.78, 5) is 18.8. The van der Waals surface area contributed by atoms with Crippen LogP contribution in [-0.2, 0) is 4.84 Å². The van der Waals surface area contributed by atoms with Crippen LogP contribution in [0.3, 0.4) is 0 Å². The van der Waals surface area contributed by atoms with E-state index in [9.17, 15) is 9.90 Å². The van der Waals surface area contributed by atoms with Gasteiger partial charge in [-0.05, 0) is 64.3 Å². The number of hydroxylamine groups is 1. The monoisotopic (exact) mass is 418 g/mol. The van der Waals surface area contributed by atoms with Gasteiger partial charge >= 0.3 is 6.09 Å². The molecule has 0 radical (unpaired) electrons. The van der Waals surface area contributed by atoms with E-state index in [4.69, 9.17) is 14.3 Å². The van der Waals surface area contributed by atoms with Gasteiger partial charge in [0.15, 0.2) is 11.5 Å². The summed E-state index contributed by atoms with van der Waals surface area (Å²) in [6, 6.07) is 5.82. The smallest absolute Gasteiger partial charge is 0.407 e. The van der Waals surface area contributed by atoms with Crippen LogP contribution in [0, 0.1) is 0 Å². The molecular weight excluding hydrogens is 384 g/mol. The molecule has 0 aromatic heterocycles. The summed E-state index contributed by atoms with van der Waals surface area (Å²) in [7, 11) is 1.61. The number of nitrogens with one attached hydrogen (secondary N) is 1. The molecule has 7 heteroatoms. The highest BCUT2D eigenvalue weighted by molar-refractivity contribution is 5.68. The van der Waals surface area contributed by atoms with Gasteiger partial charge in [0.25, 0.3) is 0 Å². The lowest BCUT2D eigenvalue weighted by Crippen LogP contribution is -2.45. The van der Waals surface area contributed by atoms with Gasteiger partial charge in [-0.15, -0.1) is 0 Å². The summed E-state index contributed by atoms with van der Waals surface area (Å²) >= 11 is 0. The number of amides is 1. The van der Waals surface area contributed by atoms with Crippen molar-refractivity contribution in [1.29, 1.82) is 0 Å². The zero-order valence-corrected chi connectivity index (χ0v) is 18.5. The van der Waals surface area contributed by atoms with Crippen molar-refractivity contribution in [2.45, 2.75) is 70.4 Å². The number of methoxy groups -OCH3 is 1. The summed E-state index contributed by atoms with van der Waals surface area (Å²) in [5, 5.41) is 9.41. The lowest BCUT2D eigenvalue weighted by atomic mass is 9.84. The van der Waals surface area contributed by atoms with Crippen molar-refractivity contribution in [3.8, 4) is 11.5 Å². The van der Waals surface area contributed by atoms with E-state index in [0.29, 0.717) is 31.1 Å². The molecule has 166 valence electrons. The fourth-order valence-electron chi connectivity index (χ4n) is 4.10. The first-order valence-electron chi connectivity index (χ1n) is 10.7. The summed E-state index contributed by atoms with van der Waals surface area (Å²) in [6.07, 6.45) is 7.58. The first kappa shape index (κ1) is 22.3. The van der Waals surface area contributed by atoms with Crippen LogP contribution in [0.2, 0.25) is 0 Å². The van der Waals surface area contributed by atoms with Crippen molar-refractivity contribution in [2.24, 2.45) is 0 Å². The average Bonchev–Trinajstić information content (AvgIpc) is 3.10. The molecule has 2 N–H and O–H groups in total. The number of hydrogen-bond acceptors (Lipinski definition) is 5. The Bertz CT molecular complexity index is 778. The largest absolute Gasteiger partial charge is 0.493 e. The van der Waals surface area contributed by atoms with E-state index >= 15 is 0 Å². The molecule has 1 fully saturated rings. The van der Waals surface area contributed by atoms with E-state index in [1.165, 1.54) is 24.2 Å². The molecule has 1 aromatic rings. The lowest BCUT2D eigenvalue weighted by Gasteiger charge is -2.33. The Kier molecular flexibility index (Phi) is 6.81. The van der Waals surface area contributed by atoms with Gasteiger partial charge in [-0.2, -0.15) is 0 Å². The highest BCUT2D eigenvalue weighted by Crippen LogP contribution is 2.39. The van der Waals surface area contributed by atoms with Crippen LogP contribution < -0.4 is 15.0 Å². The van der Waals surface area contributed by atoms with Crippen LogP contribution in [0.4, 0.5) is 4.79 Å². The third-order valence-electron chi connectivity index (χ3n) is 5.77. The second-order valence-electron chi connectivity index (χ2n) is 9.06. The van der Waals surface area contributed by atoms with Crippen molar-refractivity contribution >= 4 is 11.8 Å². The topological polar surface area (TPSA) is 80.3 Å². The van der Waals surface area contributed by atoms with Crippen LogP contribution in [0.1, 0.15) is 64.9 Å². The van der Waals surface area contributed by atoms with Crippen LogP contribution in [-0.4, -0.2) is 47.5 Å². The Morgan fingerprint density at radius 1 is 1.23 bits per heavy atom. The number of ether oxygens (including phenoxy) is 2. The van der Waals surface area contributed by atoms with E-state index in [-0.39, 0.29) is 5.60 Å². The van der Waals surface area contributed by atoms with E-state index < -0.39 is 11.6 Å². The highest BCUT2D eigenvalue weighted by atomic mass is 16.7. The Morgan fingerprint density at radius 2 is 1.97 bits per heavy atom. The SMILES string of the molecule is COc1ccc(C2=CC3(CCCCC3)ON2)cc1OCCCN(C(=O)O)C(C)(C)C. The molecule has 1 aliphatic heterocycles. The summed E-state index contributed by atoms with van der Waals surface area (Å²) in [6.45, 7) is 6.46. The zero-order valence-electron chi connectivity index (χ0n) is 18.5. The molecule has 0 unspecified atom stereocenters. The molecule has 1 heterocycles. The summed E-state index contributed by atoms with van der Waals surface area (Å²) in [5.41, 5.74) is 4.40.